The highest BCUT2D eigenvalue weighted by Gasteiger charge is 2.22. The maximum absolute atomic E-state index is 11.1. The van der Waals surface area contributed by atoms with E-state index < -0.39 is 4.92 Å². The van der Waals surface area contributed by atoms with Crippen molar-refractivity contribution in [2.24, 2.45) is 0 Å². The number of benzene rings is 1. The van der Waals surface area contributed by atoms with Gasteiger partial charge in [0.1, 0.15) is 11.4 Å². The molecule has 102 valence electrons. The second kappa shape index (κ2) is 7.18. The lowest BCUT2D eigenvalue weighted by atomic mass is 10.2. The zero-order valence-corrected chi connectivity index (χ0v) is 10.7. The number of nitro benzene ring substituents is 1. The predicted octanol–water partition coefficient (Wildman–Crippen LogP) is 1.54. The fourth-order valence-corrected chi connectivity index (χ4v) is 1.74. The van der Waals surface area contributed by atoms with Crippen LogP contribution < -0.4 is 10.6 Å². The molecule has 0 saturated carbocycles. The van der Waals surface area contributed by atoms with Crippen LogP contribution in [-0.2, 0) is 4.74 Å². The fraction of sp³-hybridized carbons (Fsp3) is 0.417. The molecular formula is C12H16N4O3. The smallest absolute Gasteiger partial charge is 0.315 e. The molecule has 19 heavy (non-hydrogen) atoms. The van der Waals surface area contributed by atoms with Gasteiger partial charge in [0.05, 0.1) is 24.0 Å². The highest BCUT2D eigenvalue weighted by Crippen LogP contribution is 2.33. The van der Waals surface area contributed by atoms with Gasteiger partial charge in [0.25, 0.3) is 0 Å². The number of anilines is 2. The quantitative estimate of drug-likeness (QED) is 0.455. The number of methoxy groups -OCH3 is 1. The summed E-state index contributed by atoms with van der Waals surface area (Å²) in [4.78, 5) is 12.3. The van der Waals surface area contributed by atoms with Gasteiger partial charge >= 0.3 is 5.69 Å². The molecule has 7 heteroatoms. The van der Waals surface area contributed by atoms with E-state index in [1.807, 2.05) is 6.07 Å². The van der Waals surface area contributed by atoms with Crippen molar-refractivity contribution < 1.29 is 9.66 Å². The van der Waals surface area contributed by atoms with E-state index in [-0.39, 0.29) is 17.8 Å². The summed E-state index contributed by atoms with van der Waals surface area (Å²) >= 11 is 0. The largest absolute Gasteiger partial charge is 0.393 e. The number of nitrogens with two attached hydrogens (primary N) is 1. The van der Waals surface area contributed by atoms with E-state index in [2.05, 4.69) is 0 Å². The van der Waals surface area contributed by atoms with Gasteiger partial charge in [0.15, 0.2) is 0 Å². The van der Waals surface area contributed by atoms with Gasteiger partial charge in [-0.05, 0) is 12.1 Å². The summed E-state index contributed by atoms with van der Waals surface area (Å²) in [6.07, 6.45) is 0.273. The maximum Gasteiger partial charge on any atom is 0.315 e. The van der Waals surface area contributed by atoms with Crippen LogP contribution in [0.15, 0.2) is 18.2 Å². The van der Waals surface area contributed by atoms with Crippen molar-refractivity contribution in [1.29, 1.82) is 5.26 Å². The SMILES string of the molecule is COCCN(CCC#N)c1cccc(N)c1[N+](=O)[O-]. The van der Waals surface area contributed by atoms with Crippen LogP contribution in [-0.4, -0.2) is 31.7 Å². The second-order valence-corrected chi connectivity index (χ2v) is 3.86. The Hall–Kier alpha value is -2.33. The van der Waals surface area contributed by atoms with Gasteiger partial charge in [0.2, 0.25) is 0 Å². The topological polar surface area (TPSA) is 105 Å². The molecule has 0 unspecified atom stereocenters. The molecule has 0 fully saturated rings. The molecule has 7 nitrogen and oxygen atoms in total. The molecule has 0 spiro atoms. The highest BCUT2D eigenvalue weighted by atomic mass is 16.6. The molecule has 0 aliphatic rings. The van der Waals surface area contributed by atoms with E-state index in [0.29, 0.717) is 25.4 Å². The van der Waals surface area contributed by atoms with Crippen molar-refractivity contribution in [2.75, 3.05) is 37.4 Å². The van der Waals surface area contributed by atoms with Crippen LogP contribution in [0.25, 0.3) is 0 Å². The monoisotopic (exact) mass is 264 g/mol. The lowest BCUT2D eigenvalue weighted by Gasteiger charge is -2.23. The van der Waals surface area contributed by atoms with Gasteiger partial charge in [-0.3, -0.25) is 10.1 Å². The Morgan fingerprint density at radius 3 is 2.84 bits per heavy atom. The molecule has 1 aromatic rings. The number of hydrogen-bond acceptors (Lipinski definition) is 6. The van der Waals surface area contributed by atoms with Crippen LogP contribution in [0.3, 0.4) is 0 Å². The highest BCUT2D eigenvalue weighted by molar-refractivity contribution is 5.75. The molecule has 0 bridgehead atoms. The van der Waals surface area contributed by atoms with Crippen LogP contribution in [0.4, 0.5) is 17.1 Å². The van der Waals surface area contributed by atoms with E-state index in [9.17, 15) is 10.1 Å². The van der Waals surface area contributed by atoms with E-state index in [1.54, 1.807) is 24.1 Å². The number of hydrogen-bond donors (Lipinski definition) is 1. The number of rotatable bonds is 7. The third-order valence-corrected chi connectivity index (χ3v) is 2.63. The fourth-order valence-electron chi connectivity index (χ4n) is 1.74. The maximum atomic E-state index is 11.1. The summed E-state index contributed by atoms with van der Waals surface area (Å²) in [5.41, 5.74) is 6.05. The molecule has 0 aromatic heterocycles. The van der Waals surface area contributed by atoms with Crippen molar-refractivity contribution in [1.82, 2.24) is 0 Å². The Balaban J connectivity index is 3.10. The first-order valence-electron chi connectivity index (χ1n) is 5.75. The number of para-hydroxylation sites is 1. The summed E-state index contributed by atoms with van der Waals surface area (Å²) in [5.74, 6) is 0. The van der Waals surface area contributed by atoms with Gasteiger partial charge in [0, 0.05) is 20.2 Å². The van der Waals surface area contributed by atoms with Gasteiger partial charge < -0.3 is 15.4 Å². The number of nitro groups is 1. The van der Waals surface area contributed by atoms with E-state index in [4.69, 9.17) is 15.7 Å². The van der Waals surface area contributed by atoms with Gasteiger partial charge in [-0.1, -0.05) is 6.07 Å². The standard InChI is InChI=1S/C12H16N4O3/c1-19-9-8-15(7-3-6-13)11-5-2-4-10(14)12(11)16(17)18/h2,4-5H,3,7-9,14H2,1H3. The van der Waals surface area contributed by atoms with Crippen LogP contribution in [0.1, 0.15) is 6.42 Å². The van der Waals surface area contributed by atoms with Gasteiger partial charge in [-0.2, -0.15) is 5.26 Å². The third-order valence-electron chi connectivity index (χ3n) is 2.63. The minimum Gasteiger partial charge on any atom is -0.393 e. The van der Waals surface area contributed by atoms with E-state index >= 15 is 0 Å². The first-order chi connectivity index (χ1) is 9.11. The van der Waals surface area contributed by atoms with Gasteiger partial charge in [-0.25, -0.2) is 0 Å². The van der Waals surface area contributed by atoms with Crippen LogP contribution >= 0.6 is 0 Å². The molecule has 0 aliphatic heterocycles. The van der Waals surface area contributed by atoms with Crippen molar-refractivity contribution in [3.8, 4) is 6.07 Å². The lowest BCUT2D eigenvalue weighted by molar-refractivity contribution is -0.383. The molecule has 0 saturated heterocycles. The normalized spacial score (nSPS) is 9.89. The van der Waals surface area contributed by atoms with Crippen molar-refractivity contribution in [2.45, 2.75) is 6.42 Å². The Labute approximate surface area is 111 Å². The van der Waals surface area contributed by atoms with Crippen molar-refractivity contribution in [3.63, 3.8) is 0 Å². The summed E-state index contributed by atoms with van der Waals surface area (Å²) in [5, 5.41) is 19.8. The van der Waals surface area contributed by atoms with E-state index in [0.717, 1.165) is 0 Å². The molecule has 0 aliphatic carbocycles. The van der Waals surface area contributed by atoms with Crippen molar-refractivity contribution in [3.05, 3.63) is 28.3 Å². The Morgan fingerprint density at radius 2 is 2.26 bits per heavy atom. The van der Waals surface area contributed by atoms with Crippen LogP contribution in [0, 0.1) is 21.4 Å². The Kier molecular flexibility index (Phi) is 5.57. The summed E-state index contributed by atoms with van der Waals surface area (Å²) < 4.78 is 4.98. The molecular weight excluding hydrogens is 248 g/mol. The number of nitrogen functional groups attached to an aromatic ring is 1. The number of nitriles is 1. The molecule has 0 atom stereocenters. The Bertz CT molecular complexity index is 484. The van der Waals surface area contributed by atoms with E-state index in [1.165, 1.54) is 6.07 Å². The van der Waals surface area contributed by atoms with Crippen LogP contribution in [0.5, 0.6) is 0 Å². The zero-order chi connectivity index (χ0) is 14.3. The predicted molar refractivity (Wildman–Crippen MR) is 71.8 cm³/mol. The summed E-state index contributed by atoms with van der Waals surface area (Å²) in [7, 11) is 1.55. The molecule has 2 N–H and O–H groups in total. The zero-order valence-electron chi connectivity index (χ0n) is 10.7. The lowest BCUT2D eigenvalue weighted by Crippen LogP contribution is -2.29. The average molecular weight is 264 g/mol. The first-order valence-corrected chi connectivity index (χ1v) is 5.75. The third kappa shape index (κ3) is 3.82. The molecule has 0 amide bonds. The minimum atomic E-state index is -0.503. The molecule has 1 rings (SSSR count). The number of nitrogens with zero attached hydrogens (tertiary/aromatic N) is 3. The molecule has 1 aromatic carbocycles. The second-order valence-electron chi connectivity index (χ2n) is 3.86. The summed E-state index contributed by atoms with van der Waals surface area (Å²) in [6.45, 7) is 1.27. The number of ether oxygens (including phenoxy) is 1. The van der Waals surface area contributed by atoms with Crippen LogP contribution in [0.2, 0.25) is 0 Å². The first kappa shape index (κ1) is 14.7. The minimum absolute atomic E-state index is 0.113. The average Bonchev–Trinajstić information content (AvgIpc) is 2.38. The Morgan fingerprint density at radius 1 is 1.53 bits per heavy atom. The summed E-state index contributed by atoms with van der Waals surface area (Å²) in [6, 6.07) is 6.79. The van der Waals surface area contributed by atoms with Gasteiger partial charge in [-0.15, -0.1) is 0 Å². The van der Waals surface area contributed by atoms with Crippen molar-refractivity contribution >= 4 is 17.1 Å². The molecule has 0 heterocycles. The molecule has 0 radical (unpaired) electrons.